The van der Waals surface area contributed by atoms with Gasteiger partial charge in [0.15, 0.2) is 0 Å². The van der Waals surface area contributed by atoms with Gasteiger partial charge in [0, 0.05) is 23.7 Å². The number of halogens is 1. The average molecular weight is 302 g/mol. The first-order valence-corrected chi connectivity index (χ1v) is 7.10. The molecule has 0 radical (unpaired) electrons. The number of hydrogen-bond acceptors (Lipinski definition) is 4. The lowest BCUT2D eigenvalue weighted by atomic mass is 10.2. The van der Waals surface area contributed by atoms with E-state index < -0.39 is 6.10 Å². The Morgan fingerprint density at radius 2 is 2.05 bits per heavy atom. The summed E-state index contributed by atoms with van der Waals surface area (Å²) in [5, 5.41) is 10.6. The highest BCUT2D eigenvalue weighted by Crippen LogP contribution is 2.23. The van der Waals surface area contributed by atoms with E-state index in [0.717, 1.165) is 11.3 Å². The SMILES string of the molecule is COc1ccc(Cl)cc1CN(C)CC(O)COC(C)C. The van der Waals surface area contributed by atoms with Gasteiger partial charge < -0.3 is 14.6 Å². The van der Waals surface area contributed by atoms with Gasteiger partial charge in [-0.25, -0.2) is 0 Å². The molecule has 5 heteroatoms. The zero-order valence-corrected chi connectivity index (χ0v) is 13.4. The third-order valence-corrected chi connectivity index (χ3v) is 3.06. The van der Waals surface area contributed by atoms with Crippen LogP contribution in [-0.2, 0) is 11.3 Å². The van der Waals surface area contributed by atoms with Gasteiger partial charge in [0.05, 0.1) is 25.9 Å². The molecule has 0 aliphatic rings. The molecule has 0 spiro atoms. The molecule has 20 heavy (non-hydrogen) atoms. The molecule has 0 saturated carbocycles. The van der Waals surface area contributed by atoms with Gasteiger partial charge in [-0.2, -0.15) is 0 Å². The molecule has 0 heterocycles. The fraction of sp³-hybridized carbons (Fsp3) is 0.600. The van der Waals surface area contributed by atoms with Crippen molar-refractivity contribution < 1.29 is 14.6 Å². The van der Waals surface area contributed by atoms with Crippen LogP contribution in [0.15, 0.2) is 18.2 Å². The van der Waals surface area contributed by atoms with Crippen LogP contribution in [0.1, 0.15) is 19.4 Å². The summed E-state index contributed by atoms with van der Waals surface area (Å²) in [6.07, 6.45) is -0.379. The van der Waals surface area contributed by atoms with Crippen LogP contribution in [-0.4, -0.2) is 49.5 Å². The van der Waals surface area contributed by atoms with Crippen LogP contribution in [0.3, 0.4) is 0 Å². The summed E-state index contributed by atoms with van der Waals surface area (Å²) < 4.78 is 10.7. The topological polar surface area (TPSA) is 41.9 Å². The van der Waals surface area contributed by atoms with Crippen LogP contribution in [0.5, 0.6) is 5.75 Å². The second-order valence-corrected chi connectivity index (χ2v) is 5.63. The molecule has 1 N–H and O–H groups in total. The van der Waals surface area contributed by atoms with Crippen molar-refractivity contribution in [1.29, 1.82) is 0 Å². The molecule has 0 bridgehead atoms. The summed E-state index contributed by atoms with van der Waals surface area (Å²) >= 11 is 6.00. The Bertz CT molecular complexity index is 412. The lowest BCUT2D eigenvalue weighted by molar-refractivity contribution is -0.00640. The highest BCUT2D eigenvalue weighted by molar-refractivity contribution is 6.30. The predicted octanol–water partition coefficient (Wildman–Crippen LogP) is 2.57. The maximum absolute atomic E-state index is 9.90. The third-order valence-electron chi connectivity index (χ3n) is 2.83. The van der Waals surface area contributed by atoms with Crippen LogP contribution in [0.25, 0.3) is 0 Å². The summed E-state index contributed by atoms with van der Waals surface area (Å²) in [6.45, 7) is 5.43. The molecule has 0 aliphatic carbocycles. The minimum atomic E-state index is -0.507. The van der Waals surface area contributed by atoms with Crippen LogP contribution in [0, 0.1) is 0 Å². The summed E-state index contributed by atoms with van der Waals surface area (Å²) in [5.74, 6) is 0.800. The number of benzene rings is 1. The predicted molar refractivity (Wildman–Crippen MR) is 81.4 cm³/mol. The van der Waals surface area contributed by atoms with Gasteiger partial charge >= 0.3 is 0 Å². The first kappa shape index (κ1) is 17.2. The number of ether oxygens (including phenoxy) is 2. The highest BCUT2D eigenvalue weighted by Gasteiger charge is 2.12. The van der Waals surface area contributed by atoms with Crippen molar-refractivity contribution in [3.05, 3.63) is 28.8 Å². The molecule has 0 aromatic heterocycles. The van der Waals surface area contributed by atoms with Crippen LogP contribution in [0.2, 0.25) is 5.02 Å². The minimum absolute atomic E-state index is 0.128. The van der Waals surface area contributed by atoms with Gasteiger partial charge in [0.2, 0.25) is 0 Å². The molecular weight excluding hydrogens is 278 g/mol. The molecule has 4 nitrogen and oxygen atoms in total. The van der Waals surface area contributed by atoms with E-state index in [1.165, 1.54) is 0 Å². The van der Waals surface area contributed by atoms with Crippen molar-refractivity contribution in [3.8, 4) is 5.75 Å². The Hall–Kier alpha value is -0.810. The summed E-state index contributed by atoms with van der Waals surface area (Å²) in [5.41, 5.74) is 1.000. The maximum Gasteiger partial charge on any atom is 0.123 e. The standard InChI is InChI=1S/C15H24ClNO3/c1-11(2)20-10-14(18)9-17(3)8-12-7-13(16)5-6-15(12)19-4/h5-7,11,14,18H,8-10H2,1-4H3. The Morgan fingerprint density at radius 1 is 1.35 bits per heavy atom. The fourth-order valence-corrected chi connectivity index (χ4v) is 2.14. The fourth-order valence-electron chi connectivity index (χ4n) is 1.94. The number of aliphatic hydroxyl groups excluding tert-OH is 1. The highest BCUT2D eigenvalue weighted by atomic mass is 35.5. The first-order valence-electron chi connectivity index (χ1n) is 6.73. The number of nitrogens with zero attached hydrogens (tertiary/aromatic N) is 1. The first-order chi connectivity index (χ1) is 9.42. The number of likely N-dealkylation sites (N-methyl/N-ethyl adjacent to an activating group) is 1. The molecule has 0 saturated heterocycles. The second-order valence-electron chi connectivity index (χ2n) is 5.19. The van der Waals surface area contributed by atoms with Gasteiger partial charge in [-0.1, -0.05) is 11.6 Å². The van der Waals surface area contributed by atoms with E-state index >= 15 is 0 Å². The molecule has 1 aromatic carbocycles. The molecule has 1 unspecified atom stereocenters. The number of aliphatic hydroxyl groups is 1. The zero-order valence-electron chi connectivity index (χ0n) is 12.6. The van der Waals surface area contributed by atoms with E-state index in [0.29, 0.717) is 24.7 Å². The summed E-state index contributed by atoms with van der Waals surface area (Å²) in [7, 11) is 3.58. The van der Waals surface area contributed by atoms with Gasteiger partial charge in [-0.3, -0.25) is 4.90 Å². The molecule has 1 rings (SSSR count). The Kier molecular flexibility index (Phi) is 7.30. The molecule has 0 amide bonds. The normalized spacial score (nSPS) is 13.0. The van der Waals surface area contributed by atoms with Crippen molar-refractivity contribution in [2.45, 2.75) is 32.6 Å². The number of hydrogen-bond donors (Lipinski definition) is 1. The molecule has 1 aromatic rings. The Morgan fingerprint density at radius 3 is 2.65 bits per heavy atom. The summed E-state index contributed by atoms with van der Waals surface area (Å²) in [4.78, 5) is 2.02. The minimum Gasteiger partial charge on any atom is -0.496 e. The molecule has 114 valence electrons. The van der Waals surface area contributed by atoms with E-state index in [9.17, 15) is 5.11 Å². The Balaban J connectivity index is 2.53. The second kappa shape index (κ2) is 8.47. The van der Waals surface area contributed by atoms with Crippen molar-refractivity contribution in [1.82, 2.24) is 4.90 Å². The van der Waals surface area contributed by atoms with E-state index in [1.54, 1.807) is 13.2 Å². The van der Waals surface area contributed by atoms with Crippen molar-refractivity contribution in [2.24, 2.45) is 0 Å². The van der Waals surface area contributed by atoms with E-state index in [4.69, 9.17) is 21.1 Å². The third kappa shape index (κ3) is 6.09. The van der Waals surface area contributed by atoms with Gasteiger partial charge in [0.1, 0.15) is 5.75 Å². The maximum atomic E-state index is 9.90. The molecule has 1 atom stereocenters. The van der Waals surface area contributed by atoms with Crippen LogP contribution >= 0.6 is 11.6 Å². The monoisotopic (exact) mass is 301 g/mol. The van der Waals surface area contributed by atoms with Gasteiger partial charge in [-0.15, -0.1) is 0 Å². The van der Waals surface area contributed by atoms with Gasteiger partial charge in [-0.05, 0) is 39.1 Å². The zero-order chi connectivity index (χ0) is 15.1. The van der Waals surface area contributed by atoms with Crippen molar-refractivity contribution in [3.63, 3.8) is 0 Å². The Labute approximate surface area is 126 Å². The molecular formula is C15H24ClNO3. The lowest BCUT2D eigenvalue weighted by Crippen LogP contribution is -2.32. The van der Waals surface area contributed by atoms with Crippen LogP contribution in [0.4, 0.5) is 0 Å². The van der Waals surface area contributed by atoms with Crippen molar-refractivity contribution in [2.75, 3.05) is 27.3 Å². The quantitative estimate of drug-likeness (QED) is 0.801. The molecule has 0 fully saturated rings. The van der Waals surface area contributed by atoms with Crippen LogP contribution < -0.4 is 4.74 Å². The van der Waals surface area contributed by atoms with E-state index in [1.807, 2.05) is 37.9 Å². The lowest BCUT2D eigenvalue weighted by Gasteiger charge is -2.22. The summed E-state index contributed by atoms with van der Waals surface area (Å²) in [6, 6.07) is 5.53. The largest absolute Gasteiger partial charge is 0.496 e. The molecule has 0 aliphatic heterocycles. The van der Waals surface area contributed by atoms with Gasteiger partial charge in [0.25, 0.3) is 0 Å². The average Bonchev–Trinajstić information content (AvgIpc) is 2.36. The van der Waals surface area contributed by atoms with Crippen molar-refractivity contribution >= 4 is 11.6 Å². The van der Waals surface area contributed by atoms with E-state index in [2.05, 4.69) is 0 Å². The number of methoxy groups -OCH3 is 1. The van der Waals surface area contributed by atoms with E-state index in [-0.39, 0.29) is 6.10 Å². The smallest absolute Gasteiger partial charge is 0.123 e. The number of rotatable bonds is 8.